The SMILES string of the molecule is COc1ccccc1C=[N+]([O-])c1ccc(C(=O)O)cc1. The minimum Gasteiger partial charge on any atom is -0.618 e. The molecule has 0 aliphatic rings. The second kappa shape index (κ2) is 5.88. The van der Waals surface area contributed by atoms with Gasteiger partial charge in [0.05, 0.1) is 18.2 Å². The molecule has 2 aromatic rings. The third-order valence-corrected chi connectivity index (χ3v) is 2.76. The number of hydrogen-bond donors (Lipinski definition) is 1. The van der Waals surface area contributed by atoms with Crippen molar-refractivity contribution in [3.63, 3.8) is 0 Å². The molecule has 0 bridgehead atoms. The van der Waals surface area contributed by atoms with Crippen molar-refractivity contribution in [2.24, 2.45) is 0 Å². The predicted molar refractivity (Wildman–Crippen MR) is 74.8 cm³/mol. The van der Waals surface area contributed by atoms with E-state index in [0.717, 1.165) is 0 Å². The molecule has 0 heterocycles. The summed E-state index contributed by atoms with van der Waals surface area (Å²) in [5.74, 6) is -0.432. The smallest absolute Gasteiger partial charge is 0.335 e. The van der Waals surface area contributed by atoms with E-state index in [4.69, 9.17) is 9.84 Å². The summed E-state index contributed by atoms with van der Waals surface area (Å²) >= 11 is 0. The number of carbonyl (C=O) groups is 1. The van der Waals surface area contributed by atoms with Gasteiger partial charge in [-0.3, -0.25) is 0 Å². The first-order valence-corrected chi connectivity index (χ1v) is 5.89. The van der Waals surface area contributed by atoms with Gasteiger partial charge in [-0.2, -0.15) is 4.74 Å². The second-order valence-electron chi connectivity index (χ2n) is 4.05. The minimum absolute atomic E-state index is 0.138. The topological polar surface area (TPSA) is 72.6 Å². The van der Waals surface area contributed by atoms with Crippen molar-refractivity contribution in [1.82, 2.24) is 0 Å². The van der Waals surface area contributed by atoms with Crippen molar-refractivity contribution in [2.75, 3.05) is 7.11 Å². The average molecular weight is 271 g/mol. The number of carboxylic acid groups (broad SMARTS) is 1. The highest BCUT2D eigenvalue weighted by molar-refractivity contribution is 5.88. The average Bonchev–Trinajstić information content (AvgIpc) is 2.48. The van der Waals surface area contributed by atoms with Gasteiger partial charge in [-0.05, 0) is 24.3 Å². The van der Waals surface area contributed by atoms with Crippen LogP contribution in [-0.2, 0) is 0 Å². The number of rotatable bonds is 4. The molecule has 0 unspecified atom stereocenters. The van der Waals surface area contributed by atoms with Gasteiger partial charge in [0.25, 0.3) is 0 Å². The van der Waals surface area contributed by atoms with Gasteiger partial charge in [-0.15, -0.1) is 0 Å². The number of para-hydroxylation sites is 1. The van der Waals surface area contributed by atoms with Crippen LogP contribution in [0, 0.1) is 5.21 Å². The zero-order valence-electron chi connectivity index (χ0n) is 10.8. The highest BCUT2D eigenvalue weighted by Gasteiger charge is 2.08. The highest BCUT2D eigenvalue weighted by atomic mass is 16.5. The summed E-state index contributed by atoms with van der Waals surface area (Å²) in [4.78, 5) is 10.7. The van der Waals surface area contributed by atoms with E-state index in [0.29, 0.717) is 21.7 Å². The number of aromatic carboxylic acids is 1. The molecule has 0 amide bonds. The maximum absolute atomic E-state index is 12.0. The van der Waals surface area contributed by atoms with Crippen LogP contribution >= 0.6 is 0 Å². The molecule has 102 valence electrons. The Morgan fingerprint density at radius 1 is 1.20 bits per heavy atom. The molecule has 0 saturated heterocycles. The minimum atomic E-state index is -1.03. The van der Waals surface area contributed by atoms with Crippen LogP contribution in [0.3, 0.4) is 0 Å². The summed E-state index contributed by atoms with van der Waals surface area (Å²) < 4.78 is 5.83. The Hall–Kier alpha value is -2.82. The molecule has 0 saturated carbocycles. The largest absolute Gasteiger partial charge is 0.618 e. The lowest BCUT2D eigenvalue weighted by atomic mass is 10.2. The molecule has 0 atom stereocenters. The standard InChI is InChI=1S/C15H13NO4/c1-20-14-5-3-2-4-12(14)10-16(19)13-8-6-11(7-9-13)15(17)18/h2-10H,1H3,(H,17,18). The van der Waals surface area contributed by atoms with Crippen molar-refractivity contribution in [1.29, 1.82) is 0 Å². The monoisotopic (exact) mass is 271 g/mol. The van der Waals surface area contributed by atoms with E-state index in [1.54, 1.807) is 18.2 Å². The predicted octanol–water partition coefficient (Wildman–Crippen LogP) is 2.65. The molecular weight excluding hydrogens is 258 g/mol. The van der Waals surface area contributed by atoms with Crippen LogP contribution in [0.2, 0.25) is 0 Å². The summed E-state index contributed by atoms with van der Waals surface area (Å²) in [6, 6.07) is 12.8. The van der Waals surface area contributed by atoms with Crippen LogP contribution in [0.25, 0.3) is 0 Å². The van der Waals surface area contributed by atoms with Crippen LogP contribution in [0.5, 0.6) is 5.75 Å². The lowest BCUT2D eigenvalue weighted by Crippen LogP contribution is -2.02. The van der Waals surface area contributed by atoms with Crippen LogP contribution in [0.4, 0.5) is 5.69 Å². The molecule has 0 spiro atoms. The van der Waals surface area contributed by atoms with Gasteiger partial charge in [0.2, 0.25) is 5.69 Å². The number of methoxy groups -OCH3 is 1. The molecule has 0 aliphatic carbocycles. The Morgan fingerprint density at radius 3 is 2.45 bits per heavy atom. The fourth-order valence-electron chi connectivity index (χ4n) is 1.72. The molecular formula is C15H13NO4. The molecule has 0 aromatic heterocycles. The van der Waals surface area contributed by atoms with Crippen molar-refractivity contribution in [3.8, 4) is 5.75 Å². The van der Waals surface area contributed by atoms with Crippen LogP contribution < -0.4 is 4.74 Å². The Balaban J connectivity index is 2.32. The lowest BCUT2D eigenvalue weighted by Gasteiger charge is -2.06. The summed E-state index contributed by atoms with van der Waals surface area (Å²) in [5.41, 5.74) is 1.13. The second-order valence-corrected chi connectivity index (χ2v) is 4.05. The van der Waals surface area contributed by atoms with E-state index < -0.39 is 5.97 Å². The Morgan fingerprint density at radius 2 is 1.85 bits per heavy atom. The summed E-state index contributed by atoms with van der Waals surface area (Å²) in [6.45, 7) is 0. The third kappa shape index (κ3) is 2.95. The summed E-state index contributed by atoms with van der Waals surface area (Å²) in [6.07, 6.45) is 1.38. The molecule has 0 radical (unpaired) electrons. The third-order valence-electron chi connectivity index (χ3n) is 2.76. The highest BCUT2D eigenvalue weighted by Crippen LogP contribution is 2.17. The van der Waals surface area contributed by atoms with Gasteiger partial charge in [0.15, 0.2) is 6.21 Å². The number of carboxylic acids is 1. The van der Waals surface area contributed by atoms with Crippen molar-refractivity contribution >= 4 is 17.9 Å². The maximum atomic E-state index is 12.0. The lowest BCUT2D eigenvalue weighted by molar-refractivity contribution is -0.354. The number of ether oxygens (including phenoxy) is 1. The Labute approximate surface area is 116 Å². The summed E-state index contributed by atoms with van der Waals surface area (Å²) in [5, 5.41) is 20.8. The van der Waals surface area contributed by atoms with E-state index in [1.807, 2.05) is 6.07 Å². The summed E-state index contributed by atoms with van der Waals surface area (Å²) in [7, 11) is 1.53. The zero-order chi connectivity index (χ0) is 14.5. The van der Waals surface area contributed by atoms with E-state index in [1.165, 1.54) is 37.6 Å². The molecule has 2 rings (SSSR count). The van der Waals surface area contributed by atoms with E-state index >= 15 is 0 Å². The van der Waals surface area contributed by atoms with Crippen molar-refractivity contribution in [2.45, 2.75) is 0 Å². The number of benzene rings is 2. The van der Waals surface area contributed by atoms with Gasteiger partial charge in [-0.25, -0.2) is 4.79 Å². The number of hydrogen-bond acceptors (Lipinski definition) is 3. The molecule has 5 nitrogen and oxygen atoms in total. The van der Waals surface area contributed by atoms with Gasteiger partial charge >= 0.3 is 5.97 Å². The molecule has 20 heavy (non-hydrogen) atoms. The Kier molecular flexibility index (Phi) is 4.00. The quantitative estimate of drug-likeness (QED) is 0.401. The van der Waals surface area contributed by atoms with Crippen LogP contribution in [0.15, 0.2) is 48.5 Å². The molecule has 0 aliphatic heterocycles. The van der Waals surface area contributed by atoms with E-state index in [9.17, 15) is 10.0 Å². The van der Waals surface area contributed by atoms with Gasteiger partial charge in [-0.1, -0.05) is 12.1 Å². The molecule has 2 aromatic carbocycles. The van der Waals surface area contributed by atoms with Crippen molar-refractivity contribution < 1.29 is 19.4 Å². The van der Waals surface area contributed by atoms with Crippen LogP contribution in [0.1, 0.15) is 15.9 Å². The first-order valence-electron chi connectivity index (χ1n) is 5.89. The molecule has 1 N–H and O–H groups in total. The van der Waals surface area contributed by atoms with Crippen molar-refractivity contribution in [3.05, 3.63) is 64.9 Å². The fraction of sp³-hybridized carbons (Fsp3) is 0.0667. The number of nitrogens with zero attached hydrogens (tertiary/aromatic N) is 1. The zero-order valence-corrected chi connectivity index (χ0v) is 10.8. The van der Waals surface area contributed by atoms with Crippen LogP contribution in [-0.4, -0.2) is 29.1 Å². The van der Waals surface area contributed by atoms with Gasteiger partial charge in [0, 0.05) is 12.1 Å². The van der Waals surface area contributed by atoms with Gasteiger partial charge in [0.1, 0.15) is 5.75 Å². The van der Waals surface area contributed by atoms with E-state index in [2.05, 4.69) is 0 Å². The fourth-order valence-corrected chi connectivity index (χ4v) is 1.72. The maximum Gasteiger partial charge on any atom is 0.335 e. The van der Waals surface area contributed by atoms with E-state index in [-0.39, 0.29) is 5.56 Å². The Bertz CT molecular complexity index is 647. The molecule has 5 heteroatoms. The first-order chi connectivity index (χ1) is 9.61. The first kappa shape index (κ1) is 13.6. The van der Waals surface area contributed by atoms with Gasteiger partial charge < -0.3 is 15.1 Å². The molecule has 0 fully saturated rings. The normalized spacial score (nSPS) is 11.2.